The first-order valence-corrected chi connectivity index (χ1v) is 5.83. The SMILES string of the molecule is CC(C)(C)C1=CC(Br)=CC(Br)C1. The van der Waals surface area contributed by atoms with Crippen molar-refractivity contribution in [3.63, 3.8) is 0 Å². The summed E-state index contributed by atoms with van der Waals surface area (Å²) in [5, 5.41) is 0. The van der Waals surface area contributed by atoms with Crippen molar-refractivity contribution in [3.8, 4) is 0 Å². The summed E-state index contributed by atoms with van der Waals surface area (Å²) in [5.41, 5.74) is 1.79. The van der Waals surface area contributed by atoms with Gasteiger partial charge in [0.15, 0.2) is 0 Å². The van der Waals surface area contributed by atoms with Crippen LogP contribution in [0, 0.1) is 5.41 Å². The summed E-state index contributed by atoms with van der Waals surface area (Å²) in [7, 11) is 0. The zero-order chi connectivity index (χ0) is 9.35. The third-order valence-corrected chi connectivity index (χ3v) is 3.11. The van der Waals surface area contributed by atoms with Gasteiger partial charge in [-0.05, 0) is 17.9 Å². The minimum absolute atomic E-state index is 0.291. The average Bonchev–Trinajstić information content (AvgIpc) is 1.82. The lowest BCUT2D eigenvalue weighted by molar-refractivity contribution is 0.483. The maximum Gasteiger partial charge on any atom is 0.0376 e. The fourth-order valence-corrected chi connectivity index (χ4v) is 2.82. The first kappa shape index (κ1) is 10.5. The fraction of sp³-hybridized carbons (Fsp3) is 0.600. The van der Waals surface area contributed by atoms with Gasteiger partial charge in [0.25, 0.3) is 0 Å². The van der Waals surface area contributed by atoms with Gasteiger partial charge < -0.3 is 0 Å². The van der Waals surface area contributed by atoms with E-state index >= 15 is 0 Å². The largest absolute Gasteiger partial charge is 0.0841 e. The average molecular weight is 294 g/mol. The summed E-state index contributed by atoms with van der Waals surface area (Å²) in [6.07, 6.45) is 5.55. The molecule has 1 atom stereocenters. The number of hydrogen-bond acceptors (Lipinski definition) is 0. The van der Waals surface area contributed by atoms with E-state index in [4.69, 9.17) is 0 Å². The van der Waals surface area contributed by atoms with Gasteiger partial charge in [-0.25, -0.2) is 0 Å². The molecule has 0 saturated carbocycles. The van der Waals surface area contributed by atoms with Crippen molar-refractivity contribution in [1.29, 1.82) is 0 Å². The molecule has 0 radical (unpaired) electrons. The van der Waals surface area contributed by atoms with E-state index in [1.165, 1.54) is 10.1 Å². The van der Waals surface area contributed by atoms with Crippen LogP contribution in [0.1, 0.15) is 27.2 Å². The summed E-state index contributed by atoms with van der Waals surface area (Å²) >= 11 is 7.13. The Bertz CT molecular complexity index is 231. The number of halogens is 2. The molecule has 0 saturated heterocycles. The standard InChI is InChI=1S/C10H14Br2/c1-10(2,3)7-4-8(11)6-9(12)5-7/h4,6,9H,5H2,1-3H3. The minimum Gasteiger partial charge on any atom is -0.0841 e. The molecular weight excluding hydrogens is 280 g/mol. The van der Waals surface area contributed by atoms with Crippen molar-refractivity contribution in [2.45, 2.75) is 32.0 Å². The Balaban J connectivity index is 2.87. The highest BCUT2D eigenvalue weighted by atomic mass is 79.9. The predicted molar refractivity (Wildman–Crippen MR) is 61.9 cm³/mol. The Kier molecular flexibility index (Phi) is 3.21. The molecule has 0 nitrogen and oxygen atoms in total. The first-order chi connectivity index (χ1) is 5.39. The van der Waals surface area contributed by atoms with E-state index in [9.17, 15) is 0 Å². The van der Waals surface area contributed by atoms with Crippen molar-refractivity contribution >= 4 is 31.9 Å². The number of alkyl halides is 1. The smallest absolute Gasteiger partial charge is 0.0376 e. The van der Waals surface area contributed by atoms with Crippen LogP contribution in [0.25, 0.3) is 0 Å². The molecule has 1 unspecified atom stereocenters. The van der Waals surface area contributed by atoms with E-state index < -0.39 is 0 Å². The zero-order valence-electron chi connectivity index (χ0n) is 7.70. The molecule has 0 heterocycles. The second-order valence-corrected chi connectivity index (χ2v) is 6.28. The molecule has 0 aliphatic heterocycles. The second kappa shape index (κ2) is 3.67. The van der Waals surface area contributed by atoms with Crippen LogP contribution in [0.3, 0.4) is 0 Å². The molecule has 0 N–H and O–H groups in total. The molecule has 1 aliphatic carbocycles. The van der Waals surface area contributed by atoms with Gasteiger partial charge in [0.1, 0.15) is 0 Å². The Labute approximate surface area is 91.4 Å². The number of rotatable bonds is 0. The Hall–Kier alpha value is 0.440. The summed E-state index contributed by atoms with van der Waals surface area (Å²) in [4.78, 5) is 0.492. The molecule has 1 rings (SSSR count). The highest BCUT2D eigenvalue weighted by Crippen LogP contribution is 2.36. The van der Waals surface area contributed by atoms with E-state index in [0.717, 1.165) is 6.42 Å². The molecule has 0 aromatic heterocycles. The maximum absolute atomic E-state index is 3.61. The minimum atomic E-state index is 0.291. The molecule has 1 aliphatic rings. The van der Waals surface area contributed by atoms with Crippen LogP contribution in [0.5, 0.6) is 0 Å². The molecule has 0 amide bonds. The zero-order valence-corrected chi connectivity index (χ0v) is 10.9. The summed E-state index contributed by atoms with van der Waals surface area (Å²) in [6, 6.07) is 0. The van der Waals surface area contributed by atoms with Gasteiger partial charge in [0.05, 0.1) is 0 Å². The fourth-order valence-electron chi connectivity index (χ4n) is 1.24. The highest BCUT2D eigenvalue weighted by molar-refractivity contribution is 9.12. The maximum atomic E-state index is 3.61. The summed E-state index contributed by atoms with van der Waals surface area (Å²) < 4.78 is 1.19. The topological polar surface area (TPSA) is 0 Å². The second-order valence-electron chi connectivity index (χ2n) is 4.19. The van der Waals surface area contributed by atoms with Gasteiger partial charge in [-0.1, -0.05) is 64.3 Å². The van der Waals surface area contributed by atoms with E-state index in [2.05, 4.69) is 64.8 Å². The quantitative estimate of drug-likeness (QED) is 0.581. The van der Waals surface area contributed by atoms with Gasteiger partial charge in [-0.3, -0.25) is 0 Å². The van der Waals surface area contributed by atoms with E-state index in [0.29, 0.717) is 10.2 Å². The van der Waals surface area contributed by atoms with Gasteiger partial charge in [0.2, 0.25) is 0 Å². The lowest BCUT2D eigenvalue weighted by Gasteiger charge is -2.27. The predicted octanol–water partition coefficient (Wildman–Crippen LogP) is 4.40. The van der Waals surface area contributed by atoms with Gasteiger partial charge >= 0.3 is 0 Å². The third kappa shape index (κ3) is 2.74. The van der Waals surface area contributed by atoms with E-state index in [-0.39, 0.29) is 0 Å². The van der Waals surface area contributed by atoms with Gasteiger partial charge in [-0.15, -0.1) is 0 Å². The van der Waals surface area contributed by atoms with Crippen molar-refractivity contribution in [2.24, 2.45) is 5.41 Å². The normalized spacial score (nSPS) is 24.9. The molecule has 0 bridgehead atoms. The van der Waals surface area contributed by atoms with Gasteiger partial charge in [-0.2, -0.15) is 0 Å². The highest BCUT2D eigenvalue weighted by Gasteiger charge is 2.21. The van der Waals surface area contributed by atoms with Crippen LogP contribution < -0.4 is 0 Å². The van der Waals surface area contributed by atoms with Crippen LogP contribution in [-0.4, -0.2) is 4.83 Å². The Morgan fingerprint density at radius 2 is 2.00 bits per heavy atom. The molecule has 2 heteroatoms. The van der Waals surface area contributed by atoms with Crippen LogP contribution in [0.4, 0.5) is 0 Å². The number of allylic oxidation sites excluding steroid dienone is 4. The van der Waals surface area contributed by atoms with E-state index in [1.807, 2.05) is 0 Å². The van der Waals surface area contributed by atoms with Crippen molar-refractivity contribution < 1.29 is 0 Å². The molecule has 0 spiro atoms. The number of hydrogen-bond donors (Lipinski definition) is 0. The van der Waals surface area contributed by atoms with Crippen molar-refractivity contribution in [2.75, 3.05) is 0 Å². The monoisotopic (exact) mass is 292 g/mol. The Morgan fingerprint density at radius 3 is 2.42 bits per heavy atom. The van der Waals surface area contributed by atoms with E-state index in [1.54, 1.807) is 0 Å². The molecule has 68 valence electrons. The van der Waals surface area contributed by atoms with Crippen molar-refractivity contribution in [1.82, 2.24) is 0 Å². The van der Waals surface area contributed by atoms with Crippen LogP contribution in [0.15, 0.2) is 22.2 Å². The van der Waals surface area contributed by atoms with Gasteiger partial charge in [0, 0.05) is 9.31 Å². The molecule has 12 heavy (non-hydrogen) atoms. The third-order valence-electron chi connectivity index (χ3n) is 2.03. The van der Waals surface area contributed by atoms with Crippen LogP contribution in [-0.2, 0) is 0 Å². The lowest BCUT2D eigenvalue weighted by atomic mass is 9.82. The molecule has 0 aromatic rings. The van der Waals surface area contributed by atoms with Crippen LogP contribution in [0.2, 0.25) is 0 Å². The first-order valence-electron chi connectivity index (χ1n) is 4.12. The van der Waals surface area contributed by atoms with Crippen molar-refractivity contribution in [3.05, 3.63) is 22.2 Å². The Morgan fingerprint density at radius 1 is 1.42 bits per heavy atom. The molecule has 0 fully saturated rings. The lowest BCUT2D eigenvalue weighted by Crippen LogP contribution is -2.15. The van der Waals surface area contributed by atoms with Crippen LogP contribution >= 0.6 is 31.9 Å². The molecular formula is C10H14Br2. The summed E-state index contributed by atoms with van der Waals surface area (Å²) in [6.45, 7) is 6.76. The molecule has 0 aromatic carbocycles. The summed E-state index contributed by atoms with van der Waals surface area (Å²) in [5.74, 6) is 0.